The van der Waals surface area contributed by atoms with Crippen LogP contribution in [0, 0.1) is 39.9 Å². The molecule has 0 radical (unpaired) electrons. The minimum Gasteiger partial charge on any atom is -0.458 e. The van der Waals surface area contributed by atoms with Gasteiger partial charge in [-0.3, -0.25) is 4.79 Å². The Morgan fingerprint density at radius 3 is 1.95 bits per heavy atom. The molecule has 3 atom stereocenters. The van der Waals surface area contributed by atoms with Gasteiger partial charge in [-0.05, 0) is 60.7 Å². The minimum atomic E-state index is -0.0258. The Hall–Kier alpha value is -0.530. The topological polar surface area (TPSA) is 26.3 Å². The van der Waals surface area contributed by atoms with Crippen molar-refractivity contribution in [2.45, 2.75) is 79.2 Å². The molecule has 0 N–H and O–H groups in total. The van der Waals surface area contributed by atoms with E-state index in [4.69, 9.17) is 4.74 Å². The summed E-state index contributed by atoms with van der Waals surface area (Å²) in [7, 11) is 0. The summed E-state index contributed by atoms with van der Waals surface area (Å²) in [5.74, 6) is 2.79. The normalized spacial score (nSPS) is 46.0. The molecule has 0 aromatic heterocycles. The molecule has 4 aliphatic carbocycles. The third-order valence-electron chi connectivity index (χ3n) is 7.55. The number of rotatable bonds is 3. The highest BCUT2D eigenvalue weighted by molar-refractivity contribution is 5.74. The van der Waals surface area contributed by atoms with E-state index in [0.717, 1.165) is 37.0 Å². The third-order valence-corrected chi connectivity index (χ3v) is 7.55. The van der Waals surface area contributed by atoms with Crippen molar-refractivity contribution in [3.05, 3.63) is 0 Å². The van der Waals surface area contributed by atoms with Gasteiger partial charge >= 0.3 is 5.97 Å². The summed E-state index contributed by atoms with van der Waals surface area (Å²) in [6.07, 6.45) is 6.08. The highest BCUT2D eigenvalue weighted by Gasteiger charge is 2.89. The number of carbonyl (C=O) groups is 1. The smallest absolute Gasteiger partial charge is 0.310 e. The Bertz CT molecular complexity index is 493. The fourth-order valence-corrected chi connectivity index (χ4v) is 6.62. The molecule has 0 aliphatic heterocycles. The maximum atomic E-state index is 13.0. The lowest BCUT2D eigenvalue weighted by molar-refractivity contribution is -0.449. The lowest BCUT2D eigenvalue weighted by Gasteiger charge is -2.89. The molecule has 4 saturated carbocycles. The van der Waals surface area contributed by atoms with Crippen LogP contribution in [0.15, 0.2) is 0 Å². The molecule has 0 amide bonds. The molecule has 4 rings (SSSR count). The molecule has 0 saturated heterocycles. The number of carbonyl (C=O) groups excluding carboxylic acids is 1. The Kier molecular flexibility index (Phi) is 2.68. The molecule has 22 heavy (non-hydrogen) atoms. The molecule has 1 spiro atoms. The van der Waals surface area contributed by atoms with Gasteiger partial charge in [0.25, 0.3) is 0 Å². The maximum Gasteiger partial charge on any atom is 0.310 e. The van der Waals surface area contributed by atoms with Crippen LogP contribution in [0.2, 0.25) is 0 Å². The third kappa shape index (κ3) is 1.60. The first-order valence-corrected chi connectivity index (χ1v) is 9.22. The van der Waals surface area contributed by atoms with Crippen LogP contribution in [0.5, 0.6) is 0 Å². The molecule has 3 unspecified atom stereocenters. The lowest BCUT2D eigenvalue weighted by atomic mass is 9.16. The second-order valence-electron chi connectivity index (χ2n) is 11.0. The highest BCUT2D eigenvalue weighted by atomic mass is 16.6. The van der Waals surface area contributed by atoms with Crippen molar-refractivity contribution in [3.63, 3.8) is 0 Å². The quantitative estimate of drug-likeness (QED) is 0.699. The van der Waals surface area contributed by atoms with Crippen LogP contribution in [-0.4, -0.2) is 11.6 Å². The van der Waals surface area contributed by atoms with Gasteiger partial charge in [0.1, 0.15) is 5.60 Å². The second kappa shape index (κ2) is 3.92. The van der Waals surface area contributed by atoms with E-state index in [-0.39, 0.29) is 28.3 Å². The van der Waals surface area contributed by atoms with E-state index >= 15 is 0 Å². The predicted octanol–water partition coefficient (Wildman–Crippen LogP) is 4.82. The first kappa shape index (κ1) is 15.0. The lowest BCUT2D eigenvalue weighted by Crippen LogP contribution is -2.89. The molecule has 2 nitrogen and oxygen atoms in total. The molecular formula is C20H32O2. The molecule has 0 aromatic carbocycles. The van der Waals surface area contributed by atoms with Gasteiger partial charge in [0.05, 0.1) is 5.92 Å². The molecule has 124 valence electrons. The van der Waals surface area contributed by atoms with E-state index < -0.39 is 0 Å². The zero-order valence-corrected chi connectivity index (χ0v) is 15.2. The van der Waals surface area contributed by atoms with Gasteiger partial charge in [-0.15, -0.1) is 0 Å². The largest absolute Gasteiger partial charge is 0.458 e. The predicted molar refractivity (Wildman–Crippen MR) is 87.2 cm³/mol. The number of ether oxygens (including phenoxy) is 1. The summed E-state index contributed by atoms with van der Waals surface area (Å²) >= 11 is 0. The molecular weight excluding hydrogens is 272 g/mol. The maximum absolute atomic E-state index is 13.0. The summed E-state index contributed by atoms with van der Waals surface area (Å²) in [6, 6.07) is 0. The fourth-order valence-electron chi connectivity index (χ4n) is 6.62. The zero-order chi connectivity index (χ0) is 16.1. The van der Waals surface area contributed by atoms with Crippen molar-refractivity contribution in [1.29, 1.82) is 0 Å². The van der Waals surface area contributed by atoms with Crippen molar-refractivity contribution >= 4 is 5.97 Å². The number of hydrogen-bond acceptors (Lipinski definition) is 2. The molecule has 0 heterocycles. The van der Waals surface area contributed by atoms with Crippen LogP contribution in [0.25, 0.3) is 0 Å². The Morgan fingerprint density at radius 1 is 1.05 bits per heavy atom. The summed E-state index contributed by atoms with van der Waals surface area (Å²) in [4.78, 5) is 13.0. The first-order chi connectivity index (χ1) is 10.00. The Labute approximate surface area is 135 Å². The van der Waals surface area contributed by atoms with Crippen molar-refractivity contribution in [2.24, 2.45) is 39.9 Å². The van der Waals surface area contributed by atoms with Crippen molar-refractivity contribution < 1.29 is 9.53 Å². The summed E-state index contributed by atoms with van der Waals surface area (Å²) < 4.78 is 6.29. The van der Waals surface area contributed by atoms with Crippen LogP contribution in [0.4, 0.5) is 0 Å². The van der Waals surface area contributed by atoms with E-state index in [1.165, 1.54) is 12.8 Å². The van der Waals surface area contributed by atoms with Crippen LogP contribution in [-0.2, 0) is 9.53 Å². The summed E-state index contributed by atoms with van der Waals surface area (Å²) in [5, 5.41) is 0. The molecule has 4 fully saturated rings. The average Bonchev–Trinajstić information content (AvgIpc) is 2.23. The molecule has 0 bridgehead atoms. The van der Waals surface area contributed by atoms with Crippen LogP contribution in [0.1, 0.15) is 73.6 Å². The highest BCUT2D eigenvalue weighted by Crippen LogP contribution is 2.90. The average molecular weight is 304 g/mol. The standard InChI is InChI=1S/C20H32O2/c1-17(2,3)11-15(18(4,5)6)16(21)22-19-9-13-7-12-8-14(10-19)20(12,13)19/h12-15H,7-11H2,1-6H3. The van der Waals surface area contributed by atoms with Crippen LogP contribution in [0.3, 0.4) is 0 Å². The van der Waals surface area contributed by atoms with Gasteiger partial charge in [-0.2, -0.15) is 0 Å². The van der Waals surface area contributed by atoms with Crippen molar-refractivity contribution in [3.8, 4) is 0 Å². The van der Waals surface area contributed by atoms with Gasteiger partial charge in [0.15, 0.2) is 0 Å². The summed E-state index contributed by atoms with van der Waals surface area (Å²) in [5.41, 5.74) is 0.588. The van der Waals surface area contributed by atoms with Gasteiger partial charge < -0.3 is 4.74 Å². The van der Waals surface area contributed by atoms with E-state index in [2.05, 4.69) is 41.5 Å². The van der Waals surface area contributed by atoms with Crippen LogP contribution < -0.4 is 0 Å². The monoisotopic (exact) mass is 304 g/mol. The van der Waals surface area contributed by atoms with Crippen molar-refractivity contribution in [1.82, 2.24) is 0 Å². The minimum absolute atomic E-state index is 0.00924. The first-order valence-electron chi connectivity index (χ1n) is 9.22. The van der Waals surface area contributed by atoms with Crippen molar-refractivity contribution in [2.75, 3.05) is 0 Å². The Morgan fingerprint density at radius 2 is 1.59 bits per heavy atom. The van der Waals surface area contributed by atoms with Gasteiger partial charge in [-0.25, -0.2) is 0 Å². The van der Waals surface area contributed by atoms with Gasteiger partial charge in [0, 0.05) is 5.41 Å². The van der Waals surface area contributed by atoms with Gasteiger partial charge in [-0.1, -0.05) is 41.5 Å². The zero-order valence-electron chi connectivity index (χ0n) is 15.2. The fraction of sp³-hybridized carbons (Fsp3) is 0.950. The number of hydrogen-bond donors (Lipinski definition) is 0. The van der Waals surface area contributed by atoms with Crippen LogP contribution >= 0.6 is 0 Å². The Balaban J connectivity index is 1.49. The SMILES string of the molecule is CC(C)(C)CC(C(=O)OC12CC3CC4CC(C1)C432)C(C)(C)C. The van der Waals surface area contributed by atoms with Gasteiger partial charge in [0.2, 0.25) is 0 Å². The number of esters is 1. The van der Waals surface area contributed by atoms with E-state index in [9.17, 15) is 4.79 Å². The van der Waals surface area contributed by atoms with E-state index in [1.54, 1.807) is 0 Å². The second-order valence-corrected chi connectivity index (χ2v) is 11.0. The van der Waals surface area contributed by atoms with E-state index in [1.807, 2.05) is 0 Å². The summed E-state index contributed by atoms with van der Waals surface area (Å²) in [6.45, 7) is 13.2. The molecule has 4 aliphatic rings. The van der Waals surface area contributed by atoms with E-state index in [0.29, 0.717) is 5.41 Å². The molecule has 2 heteroatoms. The molecule has 0 aromatic rings.